The summed E-state index contributed by atoms with van der Waals surface area (Å²) in [7, 11) is 0. The lowest BCUT2D eigenvalue weighted by atomic mass is 9.98. The highest BCUT2D eigenvalue weighted by molar-refractivity contribution is 9.10. The van der Waals surface area contributed by atoms with Crippen LogP contribution >= 0.6 is 27.5 Å². The maximum Gasteiger partial charge on any atom is 0.291 e. The van der Waals surface area contributed by atoms with Crippen LogP contribution in [0.15, 0.2) is 80.4 Å². The summed E-state index contributed by atoms with van der Waals surface area (Å²) in [6.07, 6.45) is 0. The number of benzene rings is 3. The number of carbonyl (C=O) groups is 1. The Labute approximate surface area is 190 Å². The zero-order chi connectivity index (χ0) is 21.7. The predicted molar refractivity (Wildman–Crippen MR) is 120 cm³/mol. The van der Waals surface area contributed by atoms with Crippen molar-refractivity contribution < 1.29 is 13.6 Å². The Morgan fingerprint density at radius 1 is 1.00 bits per heavy atom. The fourth-order valence-corrected chi connectivity index (χ4v) is 4.37. The first-order valence-electron chi connectivity index (χ1n) is 9.49. The molecule has 3 aromatic carbocycles. The van der Waals surface area contributed by atoms with E-state index in [1.54, 1.807) is 35.2 Å². The molecule has 0 saturated heterocycles. The average molecular weight is 499 g/mol. The van der Waals surface area contributed by atoms with Crippen molar-refractivity contribution in [2.45, 2.75) is 12.6 Å². The van der Waals surface area contributed by atoms with Gasteiger partial charge in [0.25, 0.3) is 5.91 Å². The van der Waals surface area contributed by atoms with E-state index in [2.05, 4.69) is 15.9 Å². The van der Waals surface area contributed by atoms with Crippen LogP contribution in [-0.2, 0) is 6.54 Å². The third kappa shape index (κ3) is 3.46. The molecule has 31 heavy (non-hydrogen) atoms. The number of hydrogen-bond donors (Lipinski definition) is 0. The van der Waals surface area contributed by atoms with Gasteiger partial charge < -0.3 is 9.32 Å². The second-order valence-electron chi connectivity index (χ2n) is 7.33. The number of rotatable bonds is 3. The number of fused-ring (bicyclic) bond motifs is 2. The van der Waals surface area contributed by atoms with Crippen LogP contribution < -0.4 is 5.43 Å². The van der Waals surface area contributed by atoms with E-state index in [4.69, 9.17) is 16.0 Å². The van der Waals surface area contributed by atoms with Crippen molar-refractivity contribution in [1.29, 1.82) is 0 Å². The fourth-order valence-electron chi connectivity index (χ4n) is 3.93. The molecule has 1 amide bonds. The smallest absolute Gasteiger partial charge is 0.291 e. The minimum Gasteiger partial charge on any atom is -0.450 e. The summed E-state index contributed by atoms with van der Waals surface area (Å²) in [5.41, 5.74) is 1.81. The molecule has 7 heteroatoms. The van der Waals surface area contributed by atoms with Gasteiger partial charge in [-0.15, -0.1) is 0 Å². The molecule has 0 spiro atoms. The summed E-state index contributed by atoms with van der Waals surface area (Å²) in [5, 5.41) is 0.734. The maximum absolute atomic E-state index is 13.5. The van der Waals surface area contributed by atoms with Crippen molar-refractivity contribution in [2.75, 3.05) is 0 Å². The molecule has 1 aliphatic rings. The molecule has 2 heterocycles. The van der Waals surface area contributed by atoms with Crippen LogP contribution in [-0.4, -0.2) is 10.8 Å². The quantitative estimate of drug-likeness (QED) is 0.343. The van der Waals surface area contributed by atoms with Crippen molar-refractivity contribution in [3.05, 3.63) is 115 Å². The minimum atomic E-state index is -0.639. The predicted octanol–water partition coefficient (Wildman–Crippen LogP) is 6.09. The normalized spacial score (nSPS) is 15.5. The van der Waals surface area contributed by atoms with Crippen molar-refractivity contribution in [1.82, 2.24) is 4.90 Å². The van der Waals surface area contributed by atoms with E-state index < -0.39 is 6.04 Å². The van der Waals surface area contributed by atoms with Crippen molar-refractivity contribution in [2.24, 2.45) is 0 Å². The molecule has 5 rings (SSSR count). The Hall–Kier alpha value is -2.96. The summed E-state index contributed by atoms with van der Waals surface area (Å²) < 4.78 is 20.1. The van der Waals surface area contributed by atoms with Gasteiger partial charge in [-0.2, -0.15) is 0 Å². The Morgan fingerprint density at radius 2 is 1.71 bits per heavy atom. The minimum absolute atomic E-state index is 0.0230. The van der Waals surface area contributed by atoms with Crippen molar-refractivity contribution >= 4 is 44.4 Å². The third-order valence-corrected chi connectivity index (χ3v) is 6.14. The van der Waals surface area contributed by atoms with Crippen molar-refractivity contribution in [3.63, 3.8) is 0 Å². The second-order valence-corrected chi connectivity index (χ2v) is 8.68. The fraction of sp³-hybridized carbons (Fsp3) is 0.0833. The lowest BCUT2D eigenvalue weighted by molar-refractivity contribution is 0.0714. The topological polar surface area (TPSA) is 50.5 Å². The number of halogens is 3. The first kappa shape index (κ1) is 20.0. The largest absolute Gasteiger partial charge is 0.450 e. The Kier molecular flexibility index (Phi) is 4.91. The van der Waals surface area contributed by atoms with Crippen LogP contribution in [0.25, 0.3) is 11.0 Å². The van der Waals surface area contributed by atoms with Gasteiger partial charge in [-0.25, -0.2) is 4.39 Å². The highest BCUT2D eigenvalue weighted by atomic mass is 79.9. The van der Waals surface area contributed by atoms with E-state index in [9.17, 15) is 14.0 Å². The molecular weight excluding hydrogens is 485 g/mol. The number of carbonyl (C=O) groups excluding carboxylic acids is 1. The van der Waals surface area contributed by atoms with Crippen LogP contribution in [0.5, 0.6) is 0 Å². The van der Waals surface area contributed by atoms with E-state index in [0.29, 0.717) is 16.0 Å². The van der Waals surface area contributed by atoms with E-state index in [1.807, 2.05) is 24.3 Å². The van der Waals surface area contributed by atoms with Gasteiger partial charge in [0, 0.05) is 16.0 Å². The Balaban J connectivity index is 1.72. The summed E-state index contributed by atoms with van der Waals surface area (Å²) >= 11 is 9.51. The molecule has 0 radical (unpaired) electrons. The molecule has 4 nitrogen and oxygen atoms in total. The molecule has 0 saturated carbocycles. The van der Waals surface area contributed by atoms with Gasteiger partial charge in [-0.1, -0.05) is 51.8 Å². The highest BCUT2D eigenvalue weighted by Crippen LogP contribution is 2.39. The first-order valence-corrected chi connectivity index (χ1v) is 10.7. The lowest BCUT2D eigenvalue weighted by Crippen LogP contribution is -2.29. The molecule has 0 aliphatic carbocycles. The second kappa shape index (κ2) is 7.62. The summed E-state index contributed by atoms with van der Waals surface area (Å²) in [5.74, 6) is -0.722. The van der Waals surface area contributed by atoms with Gasteiger partial charge >= 0.3 is 0 Å². The molecule has 0 N–H and O–H groups in total. The van der Waals surface area contributed by atoms with Crippen LogP contribution in [0.3, 0.4) is 0 Å². The van der Waals surface area contributed by atoms with Crippen LogP contribution in [0.1, 0.15) is 33.3 Å². The summed E-state index contributed by atoms with van der Waals surface area (Å²) in [6, 6.07) is 17.5. The summed E-state index contributed by atoms with van der Waals surface area (Å²) in [6.45, 7) is 0.195. The zero-order valence-electron chi connectivity index (χ0n) is 15.9. The number of amides is 1. The van der Waals surface area contributed by atoms with Crippen molar-refractivity contribution in [3.8, 4) is 0 Å². The SMILES string of the molecule is O=C1c2oc3ccc(Cl)cc3c(=O)c2C(c2ccc(Br)cc2)N1Cc1ccc(F)cc1. The van der Waals surface area contributed by atoms with Gasteiger partial charge in [-0.3, -0.25) is 9.59 Å². The van der Waals surface area contributed by atoms with Gasteiger partial charge in [0.05, 0.1) is 17.0 Å². The molecule has 1 aliphatic heterocycles. The maximum atomic E-state index is 13.5. The molecule has 4 aromatic rings. The first-order chi connectivity index (χ1) is 14.9. The van der Waals surface area contributed by atoms with Crippen LogP contribution in [0, 0.1) is 5.82 Å². The highest BCUT2D eigenvalue weighted by Gasteiger charge is 2.42. The van der Waals surface area contributed by atoms with Gasteiger partial charge in [0.2, 0.25) is 5.76 Å². The van der Waals surface area contributed by atoms with E-state index in [0.717, 1.165) is 15.6 Å². The summed E-state index contributed by atoms with van der Waals surface area (Å²) in [4.78, 5) is 28.4. The molecule has 1 unspecified atom stereocenters. The Bertz CT molecular complexity index is 1380. The molecule has 0 bridgehead atoms. The van der Waals surface area contributed by atoms with E-state index in [1.165, 1.54) is 12.1 Å². The van der Waals surface area contributed by atoms with E-state index >= 15 is 0 Å². The molecule has 0 fully saturated rings. The zero-order valence-corrected chi connectivity index (χ0v) is 18.3. The van der Waals surface area contributed by atoms with E-state index in [-0.39, 0.29) is 35.0 Å². The lowest BCUT2D eigenvalue weighted by Gasteiger charge is -2.25. The monoisotopic (exact) mass is 497 g/mol. The molecule has 1 aromatic heterocycles. The molecule has 1 atom stereocenters. The average Bonchev–Trinajstić information content (AvgIpc) is 3.03. The Morgan fingerprint density at radius 3 is 2.42 bits per heavy atom. The number of nitrogens with zero attached hydrogens (tertiary/aromatic N) is 1. The molecule has 154 valence electrons. The van der Waals surface area contributed by atoms with Gasteiger partial charge in [0.1, 0.15) is 11.4 Å². The van der Waals surface area contributed by atoms with Crippen LogP contribution in [0.4, 0.5) is 4.39 Å². The van der Waals surface area contributed by atoms with Gasteiger partial charge in [0.15, 0.2) is 5.43 Å². The van der Waals surface area contributed by atoms with Gasteiger partial charge in [-0.05, 0) is 53.6 Å². The third-order valence-electron chi connectivity index (χ3n) is 5.38. The molecular formula is C24H14BrClFNO3. The standard InChI is InChI=1S/C24H14BrClFNO3/c25-15-5-3-14(4-6-15)21-20-22(29)18-11-16(26)7-10-19(18)31-23(20)24(30)28(21)12-13-1-8-17(27)9-2-13/h1-11,21H,12H2. The number of hydrogen-bond acceptors (Lipinski definition) is 3. The van der Waals surface area contributed by atoms with Crippen LogP contribution in [0.2, 0.25) is 5.02 Å².